The van der Waals surface area contributed by atoms with Gasteiger partial charge in [-0.05, 0) is 48.2 Å². The van der Waals surface area contributed by atoms with E-state index in [4.69, 9.17) is 9.47 Å². The molecule has 142 valence electrons. The summed E-state index contributed by atoms with van der Waals surface area (Å²) in [6, 6.07) is 20.5. The Bertz CT molecular complexity index is 929. The second-order valence-electron chi connectivity index (χ2n) is 6.72. The summed E-state index contributed by atoms with van der Waals surface area (Å²) in [6.45, 7) is 4.28. The monoisotopic (exact) mass is 370 g/mol. The number of rotatable bonds is 6. The summed E-state index contributed by atoms with van der Waals surface area (Å²) < 4.78 is 10.9. The summed E-state index contributed by atoms with van der Waals surface area (Å²) >= 11 is 0. The Balaban J connectivity index is 1.87. The minimum Gasteiger partial charge on any atom is -0.496 e. The molecule has 0 N–H and O–H groups in total. The van der Waals surface area contributed by atoms with Crippen LogP contribution in [-0.2, 0) is 0 Å². The van der Waals surface area contributed by atoms with Crippen molar-refractivity contribution in [3.05, 3.63) is 94.0 Å². The molecule has 2 nitrogen and oxygen atoms in total. The number of hydrogen-bond acceptors (Lipinski definition) is 2. The number of hydrogen-bond donors (Lipinski definition) is 0. The van der Waals surface area contributed by atoms with E-state index < -0.39 is 0 Å². The SMILES string of the molecule is COc1ccccc1C=Cc1cc(C)c(C=Cc2ccccc2OC)cc1C. The highest BCUT2D eigenvalue weighted by Gasteiger charge is 2.03. The van der Waals surface area contributed by atoms with E-state index in [0.29, 0.717) is 0 Å². The minimum atomic E-state index is 0.879. The van der Waals surface area contributed by atoms with Crippen LogP contribution in [0, 0.1) is 13.8 Å². The number of para-hydroxylation sites is 2. The first kappa shape index (κ1) is 19.5. The highest BCUT2D eigenvalue weighted by molar-refractivity contribution is 5.78. The van der Waals surface area contributed by atoms with Crippen molar-refractivity contribution in [3.63, 3.8) is 0 Å². The van der Waals surface area contributed by atoms with E-state index in [1.54, 1.807) is 14.2 Å². The van der Waals surface area contributed by atoms with Gasteiger partial charge >= 0.3 is 0 Å². The van der Waals surface area contributed by atoms with Gasteiger partial charge < -0.3 is 9.47 Å². The van der Waals surface area contributed by atoms with E-state index in [-0.39, 0.29) is 0 Å². The Morgan fingerprint density at radius 1 is 0.536 bits per heavy atom. The fourth-order valence-corrected chi connectivity index (χ4v) is 3.19. The van der Waals surface area contributed by atoms with Gasteiger partial charge in [0.15, 0.2) is 0 Å². The molecule has 0 saturated heterocycles. The van der Waals surface area contributed by atoms with Crippen LogP contribution in [0.2, 0.25) is 0 Å². The van der Waals surface area contributed by atoms with Crippen molar-refractivity contribution in [1.82, 2.24) is 0 Å². The predicted octanol–water partition coefficient (Wildman–Crippen LogP) is 6.66. The Morgan fingerprint density at radius 3 is 1.29 bits per heavy atom. The first-order chi connectivity index (χ1) is 13.6. The van der Waals surface area contributed by atoms with E-state index in [0.717, 1.165) is 22.6 Å². The van der Waals surface area contributed by atoms with Gasteiger partial charge in [0.1, 0.15) is 11.5 Å². The first-order valence-electron chi connectivity index (χ1n) is 9.36. The molecule has 3 rings (SSSR count). The first-order valence-corrected chi connectivity index (χ1v) is 9.36. The smallest absolute Gasteiger partial charge is 0.126 e. The fourth-order valence-electron chi connectivity index (χ4n) is 3.19. The molecule has 0 bridgehead atoms. The van der Waals surface area contributed by atoms with Crippen LogP contribution < -0.4 is 9.47 Å². The van der Waals surface area contributed by atoms with Crippen LogP contribution in [0.4, 0.5) is 0 Å². The van der Waals surface area contributed by atoms with Crippen LogP contribution >= 0.6 is 0 Å². The van der Waals surface area contributed by atoms with Crippen molar-refractivity contribution >= 4 is 24.3 Å². The molecule has 0 aromatic heterocycles. The van der Waals surface area contributed by atoms with Crippen LogP contribution in [0.3, 0.4) is 0 Å². The van der Waals surface area contributed by atoms with Gasteiger partial charge in [-0.25, -0.2) is 0 Å². The Morgan fingerprint density at radius 2 is 0.893 bits per heavy atom. The molecule has 0 aliphatic heterocycles. The second kappa shape index (κ2) is 9.09. The van der Waals surface area contributed by atoms with E-state index in [1.165, 1.54) is 22.3 Å². The van der Waals surface area contributed by atoms with Gasteiger partial charge in [-0.2, -0.15) is 0 Å². The van der Waals surface area contributed by atoms with Crippen molar-refractivity contribution in [2.75, 3.05) is 14.2 Å². The van der Waals surface area contributed by atoms with Crippen molar-refractivity contribution < 1.29 is 9.47 Å². The van der Waals surface area contributed by atoms with Crippen LogP contribution in [0.1, 0.15) is 33.4 Å². The minimum absolute atomic E-state index is 0.879. The number of aryl methyl sites for hydroxylation is 2. The Hall–Kier alpha value is -3.26. The molecule has 0 atom stereocenters. The normalized spacial score (nSPS) is 11.3. The molecule has 0 fully saturated rings. The summed E-state index contributed by atoms with van der Waals surface area (Å²) in [6.07, 6.45) is 8.50. The lowest BCUT2D eigenvalue weighted by molar-refractivity contribution is 0.414. The maximum Gasteiger partial charge on any atom is 0.126 e. The lowest BCUT2D eigenvalue weighted by Crippen LogP contribution is -1.89. The summed E-state index contributed by atoms with van der Waals surface area (Å²) in [5.41, 5.74) is 7.02. The molecule has 0 spiro atoms. The third-order valence-corrected chi connectivity index (χ3v) is 4.82. The molecule has 0 aliphatic carbocycles. The molecule has 0 amide bonds. The number of methoxy groups -OCH3 is 2. The molecular formula is C26H26O2. The van der Waals surface area contributed by atoms with Crippen molar-refractivity contribution in [1.29, 1.82) is 0 Å². The summed E-state index contributed by atoms with van der Waals surface area (Å²) in [5.74, 6) is 1.76. The van der Waals surface area contributed by atoms with Gasteiger partial charge in [-0.15, -0.1) is 0 Å². The number of ether oxygens (including phenoxy) is 2. The third kappa shape index (κ3) is 4.52. The molecular weight excluding hydrogens is 344 g/mol. The standard InChI is InChI=1S/C26H26O2/c1-19-17-24(16-14-22-10-6-8-12-26(22)28-4)20(2)18-23(19)15-13-21-9-5-7-11-25(21)27-3/h5-18H,1-4H3. The molecule has 0 unspecified atom stereocenters. The molecule has 0 aliphatic rings. The van der Waals surface area contributed by atoms with Gasteiger partial charge in [0.2, 0.25) is 0 Å². The Kier molecular flexibility index (Phi) is 6.33. The summed E-state index contributed by atoms with van der Waals surface area (Å²) in [7, 11) is 3.40. The zero-order valence-electron chi connectivity index (χ0n) is 16.9. The molecule has 0 saturated carbocycles. The van der Waals surface area contributed by atoms with E-state index in [2.05, 4.69) is 62.4 Å². The van der Waals surface area contributed by atoms with Crippen LogP contribution in [0.5, 0.6) is 11.5 Å². The maximum absolute atomic E-state index is 5.43. The fraction of sp³-hybridized carbons (Fsp3) is 0.154. The average molecular weight is 370 g/mol. The topological polar surface area (TPSA) is 18.5 Å². The summed E-state index contributed by atoms with van der Waals surface area (Å²) in [5, 5.41) is 0. The van der Waals surface area contributed by atoms with Gasteiger partial charge in [0.05, 0.1) is 14.2 Å². The van der Waals surface area contributed by atoms with Crippen LogP contribution in [-0.4, -0.2) is 14.2 Å². The third-order valence-electron chi connectivity index (χ3n) is 4.82. The molecule has 0 heterocycles. The molecule has 3 aromatic rings. The molecule has 2 heteroatoms. The van der Waals surface area contributed by atoms with Crippen molar-refractivity contribution in [2.24, 2.45) is 0 Å². The Labute approximate surface area is 167 Å². The van der Waals surface area contributed by atoms with E-state index in [9.17, 15) is 0 Å². The summed E-state index contributed by atoms with van der Waals surface area (Å²) in [4.78, 5) is 0. The second-order valence-corrected chi connectivity index (χ2v) is 6.72. The average Bonchev–Trinajstić information content (AvgIpc) is 2.73. The highest BCUT2D eigenvalue weighted by atomic mass is 16.5. The van der Waals surface area contributed by atoms with Crippen molar-refractivity contribution in [3.8, 4) is 11.5 Å². The zero-order valence-corrected chi connectivity index (χ0v) is 16.9. The van der Waals surface area contributed by atoms with Crippen LogP contribution in [0.15, 0.2) is 60.7 Å². The van der Waals surface area contributed by atoms with E-state index >= 15 is 0 Å². The van der Waals surface area contributed by atoms with Crippen LogP contribution in [0.25, 0.3) is 24.3 Å². The molecule has 3 aromatic carbocycles. The number of benzene rings is 3. The highest BCUT2D eigenvalue weighted by Crippen LogP contribution is 2.25. The molecule has 0 radical (unpaired) electrons. The van der Waals surface area contributed by atoms with Crippen molar-refractivity contribution in [2.45, 2.75) is 13.8 Å². The van der Waals surface area contributed by atoms with Gasteiger partial charge in [-0.3, -0.25) is 0 Å². The van der Waals surface area contributed by atoms with Gasteiger partial charge in [0, 0.05) is 11.1 Å². The quantitative estimate of drug-likeness (QED) is 0.452. The predicted molar refractivity (Wildman–Crippen MR) is 120 cm³/mol. The largest absolute Gasteiger partial charge is 0.496 e. The zero-order chi connectivity index (χ0) is 19.9. The van der Waals surface area contributed by atoms with Gasteiger partial charge in [-0.1, -0.05) is 72.8 Å². The lowest BCUT2D eigenvalue weighted by Gasteiger charge is -2.09. The maximum atomic E-state index is 5.43. The molecule has 28 heavy (non-hydrogen) atoms. The lowest BCUT2D eigenvalue weighted by atomic mass is 9.98. The van der Waals surface area contributed by atoms with Gasteiger partial charge in [0.25, 0.3) is 0 Å². The van der Waals surface area contributed by atoms with E-state index in [1.807, 2.05) is 36.4 Å².